The highest BCUT2D eigenvalue weighted by Crippen LogP contribution is 2.40. The van der Waals surface area contributed by atoms with Gasteiger partial charge in [-0.15, -0.1) is 0 Å². The van der Waals surface area contributed by atoms with Crippen LogP contribution in [0, 0.1) is 5.92 Å². The van der Waals surface area contributed by atoms with E-state index in [0.717, 1.165) is 12.8 Å². The van der Waals surface area contributed by atoms with Gasteiger partial charge in [-0.2, -0.15) is 0 Å². The first kappa shape index (κ1) is 8.99. The van der Waals surface area contributed by atoms with E-state index >= 15 is 0 Å². The molecule has 0 aromatic heterocycles. The zero-order chi connectivity index (χ0) is 9.35. The fraction of sp³-hybridized carbons (Fsp3) is 0.714. The van der Waals surface area contributed by atoms with Crippen LogP contribution in [0.25, 0.3) is 0 Å². The lowest BCUT2D eigenvalue weighted by Crippen LogP contribution is -2.52. The van der Waals surface area contributed by atoms with Crippen molar-refractivity contribution in [2.45, 2.75) is 24.8 Å². The van der Waals surface area contributed by atoms with Gasteiger partial charge >= 0.3 is 5.97 Å². The lowest BCUT2D eigenvalue weighted by Gasteiger charge is -2.22. The predicted molar refractivity (Wildman–Crippen MR) is 41.1 cm³/mol. The summed E-state index contributed by atoms with van der Waals surface area (Å²) in [6, 6.07) is 0. The number of hydrogen-bond donors (Lipinski definition) is 3. The quantitative estimate of drug-likeness (QED) is 0.508. The van der Waals surface area contributed by atoms with Gasteiger partial charge in [-0.25, -0.2) is 0 Å². The molecule has 0 aliphatic heterocycles. The molecule has 0 unspecified atom stereocenters. The van der Waals surface area contributed by atoms with E-state index in [1.165, 1.54) is 0 Å². The Morgan fingerprint density at radius 2 is 2.00 bits per heavy atom. The summed E-state index contributed by atoms with van der Waals surface area (Å²) in [5.74, 6) is -1.88. The number of rotatable bonds is 4. The maximum Gasteiger partial charge on any atom is 0.324 e. The van der Waals surface area contributed by atoms with Gasteiger partial charge in [0.25, 0.3) is 0 Å². The Hall–Kier alpha value is -1.10. The van der Waals surface area contributed by atoms with E-state index in [-0.39, 0.29) is 12.3 Å². The summed E-state index contributed by atoms with van der Waals surface area (Å²) < 4.78 is 0. The van der Waals surface area contributed by atoms with Crippen LogP contribution in [-0.2, 0) is 9.59 Å². The molecule has 1 atom stereocenters. The fourth-order valence-corrected chi connectivity index (χ4v) is 1.28. The Bertz CT molecular complexity index is 225. The van der Waals surface area contributed by atoms with E-state index < -0.39 is 17.4 Å². The monoisotopic (exact) mass is 172 g/mol. The van der Waals surface area contributed by atoms with Crippen LogP contribution in [-0.4, -0.2) is 22.5 Å². The lowest BCUT2D eigenvalue weighted by atomic mass is 9.90. The molecule has 1 fully saturated rings. The Morgan fingerprint density at radius 3 is 2.25 bits per heavy atom. The molecule has 1 saturated carbocycles. The van der Waals surface area contributed by atoms with Crippen molar-refractivity contribution in [3.8, 4) is 0 Å². The van der Waals surface area contributed by atoms with Gasteiger partial charge in [0.1, 0.15) is 5.54 Å². The number of carboxylic acid groups (broad SMARTS) is 1. The number of primary amides is 1. The van der Waals surface area contributed by atoms with Gasteiger partial charge in [0, 0.05) is 0 Å². The predicted octanol–water partition coefficient (Wildman–Crippen LogP) is -0.946. The van der Waals surface area contributed by atoms with E-state index in [2.05, 4.69) is 0 Å². The average molecular weight is 172 g/mol. The molecule has 5 nitrogen and oxygen atoms in total. The van der Waals surface area contributed by atoms with E-state index in [1.807, 2.05) is 0 Å². The van der Waals surface area contributed by atoms with Crippen molar-refractivity contribution in [3.63, 3.8) is 0 Å². The summed E-state index contributed by atoms with van der Waals surface area (Å²) in [6.45, 7) is 0. The highest BCUT2D eigenvalue weighted by atomic mass is 16.4. The summed E-state index contributed by atoms with van der Waals surface area (Å²) in [4.78, 5) is 21.2. The molecular weight excluding hydrogens is 160 g/mol. The van der Waals surface area contributed by atoms with Crippen molar-refractivity contribution >= 4 is 11.9 Å². The van der Waals surface area contributed by atoms with Crippen LogP contribution in [0.2, 0.25) is 0 Å². The number of hydrogen-bond acceptors (Lipinski definition) is 3. The maximum atomic E-state index is 10.7. The molecule has 0 spiro atoms. The van der Waals surface area contributed by atoms with Crippen molar-refractivity contribution in [2.24, 2.45) is 17.4 Å². The number of carboxylic acids is 1. The lowest BCUT2D eigenvalue weighted by molar-refractivity contribution is -0.146. The Morgan fingerprint density at radius 1 is 1.50 bits per heavy atom. The number of amides is 1. The molecule has 0 bridgehead atoms. The molecule has 0 aromatic carbocycles. The number of carbonyl (C=O) groups is 2. The first-order valence-electron chi connectivity index (χ1n) is 3.77. The molecule has 1 rings (SSSR count). The van der Waals surface area contributed by atoms with E-state index in [9.17, 15) is 9.59 Å². The molecule has 5 N–H and O–H groups in total. The molecule has 5 heteroatoms. The second-order valence-corrected chi connectivity index (χ2v) is 3.26. The van der Waals surface area contributed by atoms with Crippen molar-refractivity contribution in [1.82, 2.24) is 0 Å². The van der Waals surface area contributed by atoms with Crippen molar-refractivity contribution in [3.05, 3.63) is 0 Å². The maximum absolute atomic E-state index is 10.7. The van der Waals surface area contributed by atoms with E-state index in [0.29, 0.717) is 0 Å². The fourth-order valence-electron chi connectivity index (χ4n) is 1.28. The first-order valence-corrected chi connectivity index (χ1v) is 3.77. The normalized spacial score (nSPS) is 21.4. The number of carbonyl (C=O) groups excluding carboxylic acids is 1. The van der Waals surface area contributed by atoms with Crippen molar-refractivity contribution < 1.29 is 14.7 Å². The number of nitrogens with two attached hydrogens (primary N) is 2. The smallest absolute Gasteiger partial charge is 0.324 e. The standard InChI is InChI=1S/C7H12N2O3/c8-5(10)3-7(9,6(11)12)4-1-2-4/h4H,1-3,9H2,(H2,8,10)(H,11,12)/t7-/m1/s1. The van der Waals surface area contributed by atoms with Crippen LogP contribution in [0.3, 0.4) is 0 Å². The molecule has 1 aliphatic rings. The van der Waals surface area contributed by atoms with Crippen LogP contribution in [0.5, 0.6) is 0 Å². The van der Waals surface area contributed by atoms with Gasteiger partial charge in [-0.3, -0.25) is 9.59 Å². The van der Waals surface area contributed by atoms with Crippen molar-refractivity contribution in [2.75, 3.05) is 0 Å². The van der Waals surface area contributed by atoms with Crippen LogP contribution in [0.1, 0.15) is 19.3 Å². The van der Waals surface area contributed by atoms with E-state index in [1.54, 1.807) is 0 Å². The third-order valence-corrected chi connectivity index (χ3v) is 2.17. The molecule has 68 valence electrons. The zero-order valence-electron chi connectivity index (χ0n) is 6.62. The largest absolute Gasteiger partial charge is 0.480 e. The minimum absolute atomic E-state index is 0.0810. The highest BCUT2D eigenvalue weighted by Gasteiger charge is 2.49. The SMILES string of the molecule is NC(=O)C[C@](N)(C(=O)O)C1CC1. The van der Waals surface area contributed by atoms with Crippen LogP contribution in [0.4, 0.5) is 0 Å². The Balaban J connectivity index is 2.71. The summed E-state index contributed by atoms with van der Waals surface area (Å²) in [5.41, 5.74) is 9.02. The molecule has 0 aromatic rings. The van der Waals surface area contributed by atoms with Gasteiger partial charge in [-0.1, -0.05) is 0 Å². The third-order valence-electron chi connectivity index (χ3n) is 2.17. The number of aliphatic carboxylic acids is 1. The molecule has 0 heterocycles. The van der Waals surface area contributed by atoms with Gasteiger partial charge < -0.3 is 16.6 Å². The minimum atomic E-state index is -1.42. The molecule has 1 amide bonds. The van der Waals surface area contributed by atoms with E-state index in [4.69, 9.17) is 16.6 Å². The van der Waals surface area contributed by atoms with Crippen LogP contribution < -0.4 is 11.5 Å². The Labute approximate surface area is 69.7 Å². The average Bonchev–Trinajstić information content (AvgIpc) is 2.65. The summed E-state index contributed by atoms with van der Waals surface area (Å²) in [6.07, 6.45) is 1.28. The Kier molecular flexibility index (Phi) is 2.06. The van der Waals surface area contributed by atoms with Crippen molar-refractivity contribution in [1.29, 1.82) is 0 Å². The van der Waals surface area contributed by atoms with Gasteiger partial charge in [0.05, 0.1) is 6.42 Å². The molecule has 0 radical (unpaired) electrons. The first-order chi connectivity index (χ1) is 5.47. The summed E-state index contributed by atoms with van der Waals surface area (Å²) >= 11 is 0. The molecule has 12 heavy (non-hydrogen) atoms. The molecule has 1 aliphatic carbocycles. The van der Waals surface area contributed by atoms with Gasteiger partial charge in [0.2, 0.25) is 5.91 Å². The topological polar surface area (TPSA) is 106 Å². The van der Waals surface area contributed by atoms with Gasteiger partial charge in [-0.05, 0) is 18.8 Å². The van der Waals surface area contributed by atoms with Crippen LogP contribution in [0.15, 0.2) is 0 Å². The molecule has 0 saturated heterocycles. The zero-order valence-corrected chi connectivity index (χ0v) is 6.62. The van der Waals surface area contributed by atoms with Gasteiger partial charge in [0.15, 0.2) is 0 Å². The highest BCUT2D eigenvalue weighted by molar-refractivity contribution is 5.87. The van der Waals surface area contributed by atoms with Crippen LogP contribution >= 0.6 is 0 Å². The third kappa shape index (κ3) is 1.55. The summed E-state index contributed by atoms with van der Waals surface area (Å²) in [7, 11) is 0. The molecular formula is C7H12N2O3. The second kappa shape index (κ2) is 2.75. The minimum Gasteiger partial charge on any atom is -0.480 e. The summed E-state index contributed by atoms with van der Waals surface area (Å²) in [5, 5.41) is 8.76. The second-order valence-electron chi connectivity index (χ2n) is 3.26.